The fourth-order valence-electron chi connectivity index (χ4n) is 3.27. The molecule has 4 N–H and O–H groups in total. The molecule has 0 saturated heterocycles. The van der Waals surface area contributed by atoms with Gasteiger partial charge in [-0.25, -0.2) is 14.9 Å². The van der Waals surface area contributed by atoms with Crippen LogP contribution in [0.5, 0.6) is 0 Å². The zero-order valence-electron chi connectivity index (χ0n) is 17.3. The molecule has 0 aliphatic rings. The summed E-state index contributed by atoms with van der Waals surface area (Å²) in [6.07, 6.45) is 5.28. The van der Waals surface area contributed by atoms with Crippen LogP contribution < -0.4 is 16.1 Å². The molecule has 0 spiro atoms. The van der Waals surface area contributed by atoms with Crippen LogP contribution in [0.15, 0.2) is 53.1 Å². The van der Waals surface area contributed by atoms with Gasteiger partial charge in [-0.05, 0) is 54.6 Å². The van der Waals surface area contributed by atoms with Crippen molar-refractivity contribution in [3.05, 3.63) is 59.0 Å². The molecule has 0 bridgehead atoms. The predicted molar refractivity (Wildman–Crippen MR) is 125 cm³/mol. The van der Waals surface area contributed by atoms with E-state index in [9.17, 15) is 14.0 Å². The number of aromatic nitrogens is 1. The number of halogens is 2. The van der Waals surface area contributed by atoms with Gasteiger partial charge in [0.1, 0.15) is 11.6 Å². The normalized spacial score (nSPS) is 10.7. The Labute approximate surface area is 193 Å². The third kappa shape index (κ3) is 6.73. The second-order valence-electron chi connectivity index (χ2n) is 7.34. The van der Waals surface area contributed by atoms with Crippen molar-refractivity contribution in [2.75, 3.05) is 10.6 Å². The van der Waals surface area contributed by atoms with Gasteiger partial charge >= 0.3 is 0 Å². The molecule has 9 heteroatoms. The van der Waals surface area contributed by atoms with Crippen LogP contribution in [0.3, 0.4) is 0 Å². The molecule has 168 valence electrons. The molecule has 0 unspecified atom stereocenters. The number of benzene rings is 2. The molecule has 3 aromatic rings. The van der Waals surface area contributed by atoms with Crippen molar-refractivity contribution in [1.82, 2.24) is 10.5 Å². The van der Waals surface area contributed by atoms with Crippen LogP contribution in [0, 0.1) is 5.82 Å². The van der Waals surface area contributed by atoms with Crippen LogP contribution in [0.4, 0.5) is 21.6 Å². The number of amides is 2. The van der Waals surface area contributed by atoms with Gasteiger partial charge in [-0.3, -0.25) is 14.8 Å². The smallest absolute Gasteiger partial charge is 0.243 e. The van der Waals surface area contributed by atoms with Crippen molar-refractivity contribution in [3.63, 3.8) is 0 Å². The third-order valence-electron chi connectivity index (χ3n) is 4.92. The van der Waals surface area contributed by atoms with Gasteiger partial charge in [0, 0.05) is 34.6 Å². The van der Waals surface area contributed by atoms with Crippen LogP contribution in [0.1, 0.15) is 38.5 Å². The average Bonchev–Trinajstić information content (AvgIpc) is 2.78. The zero-order valence-corrected chi connectivity index (χ0v) is 18.9. The van der Waals surface area contributed by atoms with Gasteiger partial charge in [0.25, 0.3) is 0 Å². The zero-order chi connectivity index (χ0) is 22.9. The molecule has 2 aromatic carbocycles. The summed E-state index contributed by atoms with van der Waals surface area (Å²) in [7, 11) is 0. The number of hydroxylamine groups is 1. The topological polar surface area (TPSA) is 103 Å². The maximum atomic E-state index is 14.2. The molecule has 0 atom stereocenters. The summed E-state index contributed by atoms with van der Waals surface area (Å²) in [6.45, 7) is 0. The number of fused-ring (bicyclic) bond motifs is 1. The van der Waals surface area contributed by atoms with Gasteiger partial charge in [-0.2, -0.15) is 0 Å². The first-order valence-electron chi connectivity index (χ1n) is 10.3. The first-order valence-corrected chi connectivity index (χ1v) is 11.1. The molecule has 2 amide bonds. The van der Waals surface area contributed by atoms with Crippen molar-refractivity contribution >= 4 is 55.7 Å². The van der Waals surface area contributed by atoms with Gasteiger partial charge in [0.05, 0.1) is 5.69 Å². The highest BCUT2D eigenvalue weighted by Gasteiger charge is 2.09. The number of nitrogens with zero attached hydrogens (tertiary/aromatic N) is 1. The Kier molecular flexibility index (Phi) is 8.52. The summed E-state index contributed by atoms with van der Waals surface area (Å²) in [6, 6.07) is 12.1. The standard InChI is InChI=1S/C23H24BrFN4O3/c24-16-8-10-20(19(25)13-16)28-23-18-14-17(9-7-15(18)11-12-26-23)27-21(30)5-3-1-2-4-6-22(31)29-32/h7-14,32H,1-6H2,(H,26,28)(H,27,30)(H,29,31). The van der Waals surface area contributed by atoms with E-state index in [1.807, 2.05) is 24.3 Å². The maximum Gasteiger partial charge on any atom is 0.243 e. The fraction of sp³-hybridized carbons (Fsp3) is 0.261. The fourth-order valence-corrected chi connectivity index (χ4v) is 3.60. The number of carbonyl (C=O) groups is 2. The lowest BCUT2D eigenvalue weighted by Crippen LogP contribution is -2.17. The Balaban J connectivity index is 1.60. The molecule has 0 aliphatic carbocycles. The predicted octanol–water partition coefficient (Wildman–Crippen LogP) is 5.66. The van der Waals surface area contributed by atoms with Crippen molar-refractivity contribution in [3.8, 4) is 0 Å². The van der Waals surface area contributed by atoms with Crippen LogP contribution in [-0.4, -0.2) is 22.0 Å². The van der Waals surface area contributed by atoms with Gasteiger partial charge in [-0.1, -0.05) is 34.8 Å². The minimum atomic E-state index is -0.403. The summed E-state index contributed by atoms with van der Waals surface area (Å²) >= 11 is 3.24. The highest BCUT2D eigenvalue weighted by Crippen LogP contribution is 2.29. The van der Waals surface area contributed by atoms with E-state index in [0.717, 1.165) is 23.6 Å². The first-order chi connectivity index (χ1) is 15.5. The van der Waals surface area contributed by atoms with Crippen molar-refractivity contribution < 1.29 is 19.2 Å². The van der Waals surface area contributed by atoms with E-state index < -0.39 is 11.7 Å². The molecular weight excluding hydrogens is 479 g/mol. The number of rotatable bonds is 10. The number of anilines is 3. The monoisotopic (exact) mass is 502 g/mol. The van der Waals surface area contributed by atoms with E-state index in [-0.39, 0.29) is 12.3 Å². The van der Waals surface area contributed by atoms with Crippen molar-refractivity contribution in [1.29, 1.82) is 0 Å². The van der Waals surface area contributed by atoms with E-state index in [1.165, 1.54) is 6.07 Å². The van der Waals surface area contributed by atoms with Crippen LogP contribution in [0.25, 0.3) is 10.8 Å². The number of unbranched alkanes of at least 4 members (excludes halogenated alkanes) is 3. The second-order valence-corrected chi connectivity index (χ2v) is 8.26. The Morgan fingerprint density at radius 1 is 0.969 bits per heavy atom. The molecule has 1 aromatic heterocycles. The van der Waals surface area contributed by atoms with E-state index in [2.05, 4.69) is 31.5 Å². The Hall–Kier alpha value is -3.04. The van der Waals surface area contributed by atoms with Crippen molar-refractivity contribution in [2.45, 2.75) is 38.5 Å². The number of hydrogen-bond acceptors (Lipinski definition) is 5. The molecule has 32 heavy (non-hydrogen) atoms. The minimum absolute atomic E-state index is 0.102. The number of carbonyl (C=O) groups excluding carboxylic acids is 2. The summed E-state index contributed by atoms with van der Waals surface area (Å²) in [5, 5.41) is 16.0. The number of nitrogens with one attached hydrogen (secondary N) is 3. The maximum absolute atomic E-state index is 14.2. The van der Waals surface area contributed by atoms with Crippen molar-refractivity contribution in [2.24, 2.45) is 0 Å². The van der Waals surface area contributed by atoms with Crippen LogP contribution in [0.2, 0.25) is 0 Å². The molecule has 0 radical (unpaired) electrons. The lowest BCUT2D eigenvalue weighted by Gasteiger charge is -2.12. The van der Waals surface area contributed by atoms with Gasteiger partial charge < -0.3 is 10.6 Å². The van der Waals surface area contributed by atoms with E-state index in [0.29, 0.717) is 40.9 Å². The van der Waals surface area contributed by atoms with Gasteiger partial charge in [0.15, 0.2) is 0 Å². The Morgan fingerprint density at radius 3 is 2.44 bits per heavy atom. The molecule has 0 fully saturated rings. The summed E-state index contributed by atoms with van der Waals surface area (Å²) in [5.74, 6) is -0.411. The highest BCUT2D eigenvalue weighted by molar-refractivity contribution is 9.10. The van der Waals surface area contributed by atoms with E-state index in [4.69, 9.17) is 5.21 Å². The number of hydrogen-bond donors (Lipinski definition) is 4. The van der Waals surface area contributed by atoms with Crippen LogP contribution in [-0.2, 0) is 9.59 Å². The summed E-state index contributed by atoms with van der Waals surface area (Å²) in [4.78, 5) is 27.6. The van der Waals surface area contributed by atoms with Gasteiger partial charge in [-0.15, -0.1) is 0 Å². The highest BCUT2D eigenvalue weighted by atomic mass is 79.9. The quantitative estimate of drug-likeness (QED) is 0.162. The molecular formula is C23H24BrFN4O3. The second kappa shape index (κ2) is 11.5. The summed E-state index contributed by atoms with van der Waals surface area (Å²) < 4.78 is 14.9. The Bertz CT molecular complexity index is 1110. The third-order valence-corrected chi connectivity index (χ3v) is 5.41. The Morgan fingerprint density at radius 2 is 1.72 bits per heavy atom. The SMILES string of the molecule is O=C(CCCCCCC(=O)Nc1ccc2ccnc(Nc3ccc(Br)cc3F)c2c1)NO. The van der Waals surface area contributed by atoms with Crippen LogP contribution >= 0.6 is 15.9 Å². The lowest BCUT2D eigenvalue weighted by molar-refractivity contribution is -0.129. The first kappa shape index (κ1) is 23.6. The molecule has 7 nitrogen and oxygen atoms in total. The molecule has 0 saturated carbocycles. The average molecular weight is 503 g/mol. The minimum Gasteiger partial charge on any atom is -0.337 e. The molecule has 1 heterocycles. The van der Waals surface area contributed by atoms with E-state index in [1.54, 1.807) is 23.8 Å². The molecule has 3 rings (SSSR count). The summed E-state index contributed by atoms with van der Waals surface area (Å²) in [5.41, 5.74) is 2.54. The number of pyridine rings is 1. The van der Waals surface area contributed by atoms with Gasteiger partial charge in [0.2, 0.25) is 11.8 Å². The lowest BCUT2D eigenvalue weighted by atomic mass is 10.1. The molecule has 0 aliphatic heterocycles. The van der Waals surface area contributed by atoms with E-state index >= 15 is 0 Å². The largest absolute Gasteiger partial charge is 0.337 e.